The normalized spacial score (nSPS) is 11.5. The van der Waals surface area contributed by atoms with E-state index in [0.717, 1.165) is 10.2 Å². The van der Waals surface area contributed by atoms with Gasteiger partial charge in [-0.1, -0.05) is 0 Å². The van der Waals surface area contributed by atoms with Crippen LogP contribution in [0.25, 0.3) is 11.3 Å². The molecular formula is C22H23N3O5. The van der Waals surface area contributed by atoms with E-state index in [2.05, 4.69) is 10.4 Å². The first-order chi connectivity index (χ1) is 14.5. The molecule has 1 atom stereocenters. The van der Waals surface area contributed by atoms with Crippen LogP contribution >= 0.6 is 0 Å². The van der Waals surface area contributed by atoms with Gasteiger partial charge in [0.2, 0.25) is 5.91 Å². The molecule has 0 aliphatic rings. The first-order valence-corrected chi connectivity index (χ1v) is 9.24. The zero-order chi connectivity index (χ0) is 21.7. The summed E-state index contributed by atoms with van der Waals surface area (Å²) in [6.07, 6.45) is 0. The van der Waals surface area contributed by atoms with E-state index in [-0.39, 0.29) is 5.91 Å². The van der Waals surface area contributed by atoms with Crippen LogP contribution < -0.4 is 25.1 Å². The second-order valence-electron chi connectivity index (χ2n) is 6.47. The zero-order valence-electron chi connectivity index (χ0n) is 17.2. The highest BCUT2D eigenvalue weighted by molar-refractivity contribution is 5.93. The van der Waals surface area contributed by atoms with Gasteiger partial charge in [-0.2, -0.15) is 5.10 Å². The average molecular weight is 409 g/mol. The lowest BCUT2D eigenvalue weighted by molar-refractivity contribution is -0.119. The Morgan fingerprint density at radius 3 is 2.03 bits per heavy atom. The molecule has 3 aromatic rings. The molecule has 1 aromatic heterocycles. The number of carbonyl (C=O) groups is 1. The molecule has 0 saturated carbocycles. The van der Waals surface area contributed by atoms with E-state index in [1.165, 1.54) is 13.2 Å². The fourth-order valence-corrected chi connectivity index (χ4v) is 2.87. The van der Waals surface area contributed by atoms with Gasteiger partial charge in [0, 0.05) is 17.3 Å². The van der Waals surface area contributed by atoms with Crippen molar-refractivity contribution in [2.45, 2.75) is 13.0 Å². The van der Waals surface area contributed by atoms with E-state index in [0.29, 0.717) is 28.6 Å². The molecule has 0 aliphatic heterocycles. The van der Waals surface area contributed by atoms with Gasteiger partial charge in [-0.15, -0.1) is 0 Å². The molecule has 0 saturated heterocycles. The molecule has 2 aromatic carbocycles. The van der Waals surface area contributed by atoms with Crippen LogP contribution in [0.4, 0.5) is 5.69 Å². The van der Waals surface area contributed by atoms with Crippen LogP contribution in [0.3, 0.4) is 0 Å². The first-order valence-electron chi connectivity index (χ1n) is 9.24. The van der Waals surface area contributed by atoms with Gasteiger partial charge in [-0.3, -0.25) is 9.59 Å². The summed E-state index contributed by atoms with van der Waals surface area (Å²) in [5, 5.41) is 7.20. The Bertz CT molecular complexity index is 1080. The summed E-state index contributed by atoms with van der Waals surface area (Å²) in [6.45, 7) is 1.61. The van der Waals surface area contributed by atoms with E-state index < -0.39 is 11.6 Å². The molecule has 30 heavy (non-hydrogen) atoms. The maximum absolute atomic E-state index is 12.7. The summed E-state index contributed by atoms with van der Waals surface area (Å²) in [6, 6.07) is 14.6. The Balaban J connectivity index is 1.91. The quantitative estimate of drug-likeness (QED) is 0.645. The van der Waals surface area contributed by atoms with Crippen molar-refractivity contribution in [3.05, 3.63) is 65.0 Å². The maximum atomic E-state index is 12.7. The van der Waals surface area contributed by atoms with Gasteiger partial charge in [0.05, 0.1) is 21.3 Å². The molecule has 1 N–H and O–H groups in total. The summed E-state index contributed by atoms with van der Waals surface area (Å²) in [4.78, 5) is 25.3. The topological polar surface area (TPSA) is 91.7 Å². The highest BCUT2D eigenvalue weighted by Gasteiger charge is 2.21. The molecule has 8 nitrogen and oxygen atoms in total. The standard InChI is InChI=1S/C22H23N3O5/c1-14(22(27)23-16-7-11-18(29-3)12-8-16)25-20(26)13-19(30-4)21(24-25)15-5-9-17(28-2)10-6-15/h5-14H,1-4H3,(H,23,27)/t14-/m1/s1. The average Bonchev–Trinajstić information content (AvgIpc) is 2.79. The fraction of sp³-hybridized carbons (Fsp3) is 0.227. The smallest absolute Gasteiger partial charge is 0.271 e. The van der Waals surface area contributed by atoms with E-state index in [4.69, 9.17) is 14.2 Å². The van der Waals surface area contributed by atoms with Crippen molar-refractivity contribution in [1.82, 2.24) is 9.78 Å². The monoisotopic (exact) mass is 409 g/mol. The molecule has 0 radical (unpaired) electrons. The van der Waals surface area contributed by atoms with Gasteiger partial charge in [0.15, 0.2) is 5.75 Å². The van der Waals surface area contributed by atoms with Crippen LogP contribution in [0.2, 0.25) is 0 Å². The Labute approximate surface area is 174 Å². The molecular weight excluding hydrogens is 386 g/mol. The van der Waals surface area contributed by atoms with Crippen molar-refractivity contribution in [2.24, 2.45) is 0 Å². The summed E-state index contributed by atoms with van der Waals surface area (Å²) in [7, 11) is 4.61. The van der Waals surface area contributed by atoms with E-state index in [1.807, 2.05) is 0 Å². The number of carbonyl (C=O) groups excluding carboxylic acids is 1. The third-order valence-corrected chi connectivity index (χ3v) is 4.61. The Morgan fingerprint density at radius 2 is 1.50 bits per heavy atom. The van der Waals surface area contributed by atoms with E-state index in [1.54, 1.807) is 69.7 Å². The second kappa shape index (κ2) is 9.13. The highest BCUT2D eigenvalue weighted by atomic mass is 16.5. The minimum atomic E-state index is -0.845. The predicted octanol–water partition coefficient (Wildman–Crippen LogP) is 3.14. The number of hydrogen-bond acceptors (Lipinski definition) is 6. The van der Waals surface area contributed by atoms with Crippen LogP contribution in [0.15, 0.2) is 59.4 Å². The second-order valence-corrected chi connectivity index (χ2v) is 6.47. The summed E-state index contributed by atoms with van der Waals surface area (Å²) in [5.41, 5.74) is 1.32. The zero-order valence-corrected chi connectivity index (χ0v) is 17.2. The van der Waals surface area contributed by atoms with Crippen LogP contribution in [-0.2, 0) is 4.79 Å². The molecule has 0 spiro atoms. The number of nitrogens with zero attached hydrogens (tertiary/aromatic N) is 2. The van der Waals surface area contributed by atoms with Gasteiger partial charge in [0.25, 0.3) is 5.56 Å². The molecule has 3 rings (SSSR count). The molecule has 8 heteroatoms. The number of amides is 1. The number of aromatic nitrogens is 2. The number of ether oxygens (including phenoxy) is 3. The lowest BCUT2D eigenvalue weighted by atomic mass is 10.1. The molecule has 0 aliphatic carbocycles. The van der Waals surface area contributed by atoms with Gasteiger partial charge in [-0.25, -0.2) is 4.68 Å². The van der Waals surface area contributed by atoms with Gasteiger partial charge >= 0.3 is 0 Å². The number of benzene rings is 2. The summed E-state index contributed by atoms with van der Waals surface area (Å²) >= 11 is 0. The number of anilines is 1. The summed E-state index contributed by atoms with van der Waals surface area (Å²) < 4.78 is 16.8. The number of methoxy groups -OCH3 is 3. The van der Waals surface area contributed by atoms with Crippen molar-refractivity contribution < 1.29 is 19.0 Å². The fourth-order valence-electron chi connectivity index (χ4n) is 2.87. The van der Waals surface area contributed by atoms with Crippen molar-refractivity contribution in [3.8, 4) is 28.5 Å². The lowest BCUT2D eigenvalue weighted by Gasteiger charge is -2.17. The van der Waals surface area contributed by atoms with Gasteiger partial charge in [0.1, 0.15) is 23.2 Å². The highest BCUT2D eigenvalue weighted by Crippen LogP contribution is 2.28. The van der Waals surface area contributed by atoms with Crippen LogP contribution in [0, 0.1) is 0 Å². The number of hydrogen-bond donors (Lipinski definition) is 1. The third kappa shape index (κ3) is 4.43. The Morgan fingerprint density at radius 1 is 0.933 bits per heavy atom. The number of nitrogens with one attached hydrogen (secondary N) is 1. The molecule has 0 unspecified atom stereocenters. The van der Waals surface area contributed by atoms with E-state index in [9.17, 15) is 9.59 Å². The number of rotatable bonds is 7. The van der Waals surface area contributed by atoms with Gasteiger partial charge < -0.3 is 19.5 Å². The lowest BCUT2D eigenvalue weighted by Crippen LogP contribution is -2.33. The molecule has 1 amide bonds. The van der Waals surface area contributed by atoms with Crippen molar-refractivity contribution in [1.29, 1.82) is 0 Å². The first kappa shape index (κ1) is 20.9. The van der Waals surface area contributed by atoms with Crippen molar-refractivity contribution >= 4 is 11.6 Å². The molecule has 156 valence electrons. The molecule has 0 fully saturated rings. The van der Waals surface area contributed by atoms with Crippen molar-refractivity contribution in [3.63, 3.8) is 0 Å². The largest absolute Gasteiger partial charge is 0.497 e. The minimum absolute atomic E-state index is 0.323. The SMILES string of the molecule is COc1ccc(NC(=O)[C@@H](C)n2nc(-c3ccc(OC)cc3)c(OC)cc2=O)cc1. The van der Waals surface area contributed by atoms with Gasteiger partial charge in [-0.05, 0) is 55.5 Å². The predicted molar refractivity (Wildman–Crippen MR) is 113 cm³/mol. The van der Waals surface area contributed by atoms with Crippen LogP contribution in [-0.4, -0.2) is 37.0 Å². The maximum Gasteiger partial charge on any atom is 0.271 e. The third-order valence-electron chi connectivity index (χ3n) is 4.61. The van der Waals surface area contributed by atoms with Crippen LogP contribution in [0.5, 0.6) is 17.2 Å². The van der Waals surface area contributed by atoms with Crippen LogP contribution in [0.1, 0.15) is 13.0 Å². The summed E-state index contributed by atoms with van der Waals surface area (Å²) in [5.74, 6) is 1.32. The van der Waals surface area contributed by atoms with Crippen molar-refractivity contribution in [2.75, 3.05) is 26.6 Å². The van der Waals surface area contributed by atoms with E-state index >= 15 is 0 Å². The Kier molecular flexibility index (Phi) is 6.36. The Hall–Kier alpha value is -3.81. The minimum Gasteiger partial charge on any atom is -0.497 e. The molecule has 1 heterocycles. The molecule has 0 bridgehead atoms.